The molecule has 2 heterocycles. The number of piperazine rings is 1. The van der Waals surface area contributed by atoms with Gasteiger partial charge in [0.15, 0.2) is 0 Å². The molecule has 0 spiro atoms. The molecule has 54 heavy (non-hydrogen) atoms. The van der Waals surface area contributed by atoms with E-state index in [2.05, 4.69) is 25.8 Å². The molecule has 2 aromatic carbocycles. The quantitative estimate of drug-likeness (QED) is 0.217. The maximum Gasteiger partial charge on any atom is 0.349 e. The van der Waals surface area contributed by atoms with Crippen molar-refractivity contribution in [3.63, 3.8) is 0 Å². The normalized spacial score (nSPS) is 17.1. The van der Waals surface area contributed by atoms with Crippen LogP contribution in [0.2, 0.25) is 0 Å². The Morgan fingerprint density at radius 2 is 1.70 bits per heavy atom. The summed E-state index contributed by atoms with van der Waals surface area (Å²) in [4.78, 5) is 61.4. The number of hydrogen-bond acceptors (Lipinski definition) is 7. The Kier molecular flexibility index (Phi) is 13.4. The number of halogens is 3. The zero-order valence-electron chi connectivity index (χ0n) is 30.5. The number of benzene rings is 2. The number of carbonyl (C=O) groups is 4. The van der Waals surface area contributed by atoms with Gasteiger partial charge in [-0.05, 0) is 60.7 Å². The van der Waals surface area contributed by atoms with Crippen molar-refractivity contribution in [3.8, 4) is 6.07 Å². The first-order valence-corrected chi connectivity index (χ1v) is 18.4. The number of hydrogen-bond donors (Lipinski definition) is 3. The Morgan fingerprint density at radius 3 is 2.35 bits per heavy atom. The first-order chi connectivity index (χ1) is 25.9. The second kappa shape index (κ2) is 18.2. The molecule has 1 unspecified atom stereocenters. The van der Waals surface area contributed by atoms with Gasteiger partial charge in [-0.15, -0.1) is 0 Å². The zero-order valence-corrected chi connectivity index (χ0v) is 30.5. The highest BCUT2D eigenvalue weighted by Crippen LogP contribution is 2.32. The number of carbonyl (C=O) groups excluding carboxylic acids is 4. The number of pyridine rings is 1. The predicted molar refractivity (Wildman–Crippen MR) is 195 cm³/mol. The molecule has 5 rings (SSSR count). The van der Waals surface area contributed by atoms with Crippen LogP contribution in [0, 0.1) is 23.1 Å². The average molecular weight is 746 g/mol. The molecule has 1 saturated carbocycles. The van der Waals surface area contributed by atoms with Crippen LogP contribution in [0.5, 0.6) is 0 Å². The number of alkyl halides is 2. The van der Waals surface area contributed by atoms with Gasteiger partial charge >= 0.3 is 5.92 Å². The molecule has 14 heteroatoms. The molecule has 3 atom stereocenters. The fourth-order valence-corrected chi connectivity index (χ4v) is 7.05. The van der Waals surface area contributed by atoms with Crippen molar-refractivity contribution >= 4 is 29.3 Å². The van der Waals surface area contributed by atoms with E-state index in [0.29, 0.717) is 51.1 Å². The molecule has 2 aliphatic rings. The topological polar surface area (TPSA) is 148 Å². The van der Waals surface area contributed by atoms with Crippen LogP contribution < -0.4 is 16.0 Å². The Labute approximate surface area is 313 Å². The molecular weight excluding hydrogens is 699 g/mol. The van der Waals surface area contributed by atoms with E-state index in [1.165, 1.54) is 30.3 Å². The van der Waals surface area contributed by atoms with E-state index in [9.17, 15) is 19.2 Å². The van der Waals surface area contributed by atoms with E-state index in [4.69, 9.17) is 5.26 Å². The maximum atomic E-state index is 15.7. The molecule has 286 valence electrons. The third-order valence-corrected chi connectivity index (χ3v) is 10.3. The van der Waals surface area contributed by atoms with Crippen LogP contribution in [-0.4, -0.2) is 76.7 Å². The predicted octanol–water partition coefficient (Wildman–Crippen LogP) is 5.23. The molecule has 2 fully saturated rings. The SMILES string of the molecule is CCC(=O)N[C@@H](C(=O)N1CCN(Cc2ccccn2)CC1)[C@@H](C)c1ccc(NC(=O)C(NC(=O)C(F)(F)c2cccc(C#N)c2)C2CCCCC2)c(F)c1. The summed E-state index contributed by atoms with van der Waals surface area (Å²) in [6, 6.07) is 13.7. The van der Waals surface area contributed by atoms with Gasteiger partial charge in [0, 0.05) is 56.8 Å². The van der Waals surface area contributed by atoms with Crippen LogP contribution in [0.3, 0.4) is 0 Å². The standard InChI is InChI=1S/C40H46F3N7O4/c1-3-34(51)47-35(38(53)50-20-18-49(19-21-50)25-31-14-7-8-17-45-31)26(2)29-15-16-33(32(41)23-29)46-37(52)36(28-11-5-4-6-12-28)48-39(54)40(42,43)30-13-9-10-27(22-30)24-44/h7-10,13-17,22-23,26,28,35-36H,3-6,11-12,18-21,25H2,1-2H3,(H,46,52)(H,47,51)(H,48,54)/t26-,35+,36?/m0/s1. The van der Waals surface area contributed by atoms with Gasteiger partial charge < -0.3 is 20.9 Å². The Morgan fingerprint density at radius 1 is 0.963 bits per heavy atom. The van der Waals surface area contributed by atoms with Crippen LogP contribution in [0.15, 0.2) is 66.9 Å². The molecule has 0 radical (unpaired) electrons. The summed E-state index contributed by atoms with van der Waals surface area (Å²) in [5.41, 5.74) is 0.353. The summed E-state index contributed by atoms with van der Waals surface area (Å²) in [5, 5.41) is 16.7. The van der Waals surface area contributed by atoms with Crippen molar-refractivity contribution < 1.29 is 32.3 Å². The summed E-state index contributed by atoms with van der Waals surface area (Å²) >= 11 is 0. The van der Waals surface area contributed by atoms with Gasteiger partial charge in [0.2, 0.25) is 17.7 Å². The number of anilines is 1. The number of nitriles is 1. The van der Waals surface area contributed by atoms with E-state index < -0.39 is 53.0 Å². The Balaban J connectivity index is 1.29. The highest BCUT2D eigenvalue weighted by atomic mass is 19.3. The van der Waals surface area contributed by atoms with Gasteiger partial charge in [-0.25, -0.2) is 4.39 Å². The number of amides is 4. The first-order valence-electron chi connectivity index (χ1n) is 18.4. The van der Waals surface area contributed by atoms with Gasteiger partial charge in [0.25, 0.3) is 5.91 Å². The van der Waals surface area contributed by atoms with Crippen molar-refractivity contribution in [2.24, 2.45) is 5.92 Å². The summed E-state index contributed by atoms with van der Waals surface area (Å²) in [6.45, 7) is 6.13. The minimum Gasteiger partial charge on any atom is -0.344 e. The molecule has 1 aliphatic carbocycles. The number of nitrogens with zero attached hydrogens (tertiary/aromatic N) is 4. The number of nitrogens with one attached hydrogen (secondary N) is 3. The smallest absolute Gasteiger partial charge is 0.344 e. The molecular formula is C40H46F3N7O4. The van der Waals surface area contributed by atoms with E-state index >= 15 is 13.2 Å². The van der Waals surface area contributed by atoms with Crippen molar-refractivity contribution in [1.29, 1.82) is 5.26 Å². The average Bonchev–Trinajstić information content (AvgIpc) is 3.20. The summed E-state index contributed by atoms with van der Waals surface area (Å²) in [6.07, 6.45) is 5.26. The summed E-state index contributed by atoms with van der Waals surface area (Å²) < 4.78 is 46.4. The first kappa shape index (κ1) is 39.9. The van der Waals surface area contributed by atoms with Crippen molar-refractivity contribution in [2.75, 3.05) is 31.5 Å². The lowest BCUT2D eigenvalue weighted by molar-refractivity contribution is -0.149. The van der Waals surface area contributed by atoms with Crippen molar-refractivity contribution in [1.82, 2.24) is 25.4 Å². The largest absolute Gasteiger partial charge is 0.349 e. The molecule has 3 N–H and O–H groups in total. The lowest BCUT2D eigenvalue weighted by Crippen LogP contribution is -2.56. The van der Waals surface area contributed by atoms with Gasteiger partial charge in [-0.2, -0.15) is 14.0 Å². The maximum absolute atomic E-state index is 15.7. The van der Waals surface area contributed by atoms with Crippen LogP contribution >= 0.6 is 0 Å². The second-order valence-electron chi connectivity index (χ2n) is 14.0. The summed E-state index contributed by atoms with van der Waals surface area (Å²) in [5.74, 6) is -9.17. The van der Waals surface area contributed by atoms with Crippen LogP contribution in [0.25, 0.3) is 0 Å². The molecule has 1 aliphatic heterocycles. The number of aromatic nitrogens is 1. The van der Waals surface area contributed by atoms with E-state index in [1.54, 1.807) is 31.0 Å². The molecule has 4 amide bonds. The molecule has 1 saturated heterocycles. The molecule has 11 nitrogen and oxygen atoms in total. The highest BCUT2D eigenvalue weighted by molar-refractivity contribution is 5.98. The Hall–Kier alpha value is -5.29. The fourth-order valence-electron chi connectivity index (χ4n) is 7.05. The third kappa shape index (κ3) is 9.82. The zero-order chi connectivity index (χ0) is 38.8. The summed E-state index contributed by atoms with van der Waals surface area (Å²) in [7, 11) is 0. The second-order valence-corrected chi connectivity index (χ2v) is 14.0. The lowest BCUT2D eigenvalue weighted by atomic mass is 9.83. The van der Waals surface area contributed by atoms with Gasteiger partial charge in [0.05, 0.1) is 23.0 Å². The van der Waals surface area contributed by atoms with Crippen LogP contribution in [0.1, 0.15) is 80.7 Å². The van der Waals surface area contributed by atoms with Gasteiger partial charge in [0.1, 0.15) is 17.9 Å². The van der Waals surface area contributed by atoms with Crippen molar-refractivity contribution in [3.05, 3.63) is 95.1 Å². The van der Waals surface area contributed by atoms with E-state index in [0.717, 1.165) is 37.1 Å². The molecule has 0 bridgehead atoms. The monoisotopic (exact) mass is 745 g/mol. The Bertz CT molecular complexity index is 1840. The van der Waals surface area contributed by atoms with E-state index in [1.807, 2.05) is 18.2 Å². The van der Waals surface area contributed by atoms with Gasteiger partial charge in [-0.1, -0.05) is 57.4 Å². The number of rotatable bonds is 13. The highest BCUT2D eigenvalue weighted by Gasteiger charge is 2.44. The van der Waals surface area contributed by atoms with Crippen LogP contribution in [-0.2, 0) is 31.6 Å². The molecule has 1 aromatic heterocycles. The van der Waals surface area contributed by atoms with Crippen molar-refractivity contribution in [2.45, 2.75) is 82.8 Å². The van der Waals surface area contributed by atoms with Gasteiger partial charge in [-0.3, -0.25) is 29.1 Å². The third-order valence-electron chi connectivity index (χ3n) is 10.3. The lowest BCUT2D eigenvalue weighted by Gasteiger charge is -2.37. The fraction of sp³-hybridized carbons (Fsp3) is 0.450. The van der Waals surface area contributed by atoms with E-state index in [-0.39, 0.29) is 29.5 Å². The molecule has 3 aromatic rings. The minimum absolute atomic E-state index is 0.0476. The van der Waals surface area contributed by atoms with Crippen LogP contribution in [0.4, 0.5) is 18.9 Å². The minimum atomic E-state index is -4.04.